The number of methoxy groups -OCH3 is 1. The third-order valence-electron chi connectivity index (χ3n) is 3.56. The molecule has 2 rings (SSSR count). The summed E-state index contributed by atoms with van der Waals surface area (Å²) in [6, 6.07) is 14.7. The summed E-state index contributed by atoms with van der Waals surface area (Å²) >= 11 is 9.40. The molecule has 0 radical (unpaired) electrons. The number of nitrogens with one attached hydrogen (secondary N) is 1. The maximum atomic E-state index is 12.2. The molecule has 22 heavy (non-hydrogen) atoms. The van der Waals surface area contributed by atoms with Crippen molar-refractivity contribution in [2.75, 3.05) is 13.7 Å². The third-order valence-corrected chi connectivity index (χ3v) is 4.29. The van der Waals surface area contributed by atoms with Crippen LogP contribution < -0.4 is 5.32 Å². The van der Waals surface area contributed by atoms with Crippen molar-refractivity contribution in [3.63, 3.8) is 0 Å². The Morgan fingerprint density at radius 1 is 1.27 bits per heavy atom. The lowest BCUT2D eigenvalue weighted by molar-refractivity contribution is 0.00315. The summed E-state index contributed by atoms with van der Waals surface area (Å²) in [6.07, 6.45) is 0. The topological polar surface area (TPSA) is 38.3 Å². The van der Waals surface area contributed by atoms with E-state index < -0.39 is 5.60 Å². The molecule has 2 aromatic carbocycles. The fourth-order valence-electron chi connectivity index (χ4n) is 2.09. The third kappa shape index (κ3) is 4.09. The van der Waals surface area contributed by atoms with E-state index in [-0.39, 0.29) is 5.91 Å². The van der Waals surface area contributed by atoms with Gasteiger partial charge in [-0.05, 0) is 42.8 Å². The molecule has 0 fully saturated rings. The van der Waals surface area contributed by atoms with Gasteiger partial charge in [0.25, 0.3) is 5.91 Å². The first-order chi connectivity index (χ1) is 10.4. The quantitative estimate of drug-likeness (QED) is 0.832. The normalized spacial score (nSPS) is 13.5. The van der Waals surface area contributed by atoms with Crippen molar-refractivity contribution in [2.45, 2.75) is 12.5 Å². The van der Waals surface area contributed by atoms with Crippen molar-refractivity contribution in [3.8, 4) is 0 Å². The van der Waals surface area contributed by atoms with Crippen LogP contribution in [0.5, 0.6) is 0 Å². The molecule has 0 aliphatic heterocycles. The standard InChI is InChI=1S/C17H17BrClNO2/c1-17(22-2,13-6-4-8-15(19)10-13)11-20-16(21)12-5-3-7-14(18)9-12/h3-10H,11H2,1-2H3,(H,20,21)/t17-/m1/s1. The SMILES string of the molecule is CO[C@](C)(CNC(=O)c1cccc(Br)c1)c1cccc(Cl)c1. The molecule has 0 unspecified atom stereocenters. The highest BCUT2D eigenvalue weighted by atomic mass is 79.9. The van der Waals surface area contributed by atoms with Crippen LogP contribution in [0.15, 0.2) is 53.0 Å². The smallest absolute Gasteiger partial charge is 0.251 e. The van der Waals surface area contributed by atoms with Gasteiger partial charge in [0.1, 0.15) is 5.60 Å². The summed E-state index contributed by atoms with van der Waals surface area (Å²) in [7, 11) is 1.62. The van der Waals surface area contributed by atoms with E-state index in [1.165, 1.54) is 0 Å². The van der Waals surface area contributed by atoms with Crippen molar-refractivity contribution in [1.82, 2.24) is 5.32 Å². The Bertz CT molecular complexity index is 677. The first kappa shape index (κ1) is 17.0. The van der Waals surface area contributed by atoms with Crippen molar-refractivity contribution < 1.29 is 9.53 Å². The van der Waals surface area contributed by atoms with Gasteiger partial charge in [-0.15, -0.1) is 0 Å². The van der Waals surface area contributed by atoms with Gasteiger partial charge in [-0.3, -0.25) is 4.79 Å². The number of halogens is 2. The van der Waals surface area contributed by atoms with E-state index in [0.717, 1.165) is 10.0 Å². The van der Waals surface area contributed by atoms with E-state index in [4.69, 9.17) is 16.3 Å². The highest BCUT2D eigenvalue weighted by Gasteiger charge is 2.27. The second-order valence-corrected chi connectivity index (χ2v) is 6.49. The molecule has 116 valence electrons. The van der Waals surface area contributed by atoms with Crippen LogP contribution in [0.2, 0.25) is 5.02 Å². The Labute approximate surface area is 143 Å². The molecule has 0 spiro atoms. The van der Waals surface area contributed by atoms with Crippen LogP contribution in [0.4, 0.5) is 0 Å². The van der Waals surface area contributed by atoms with Crippen molar-refractivity contribution in [3.05, 3.63) is 69.2 Å². The van der Waals surface area contributed by atoms with Crippen LogP contribution in [-0.4, -0.2) is 19.6 Å². The molecule has 0 saturated carbocycles. The van der Waals surface area contributed by atoms with Crippen molar-refractivity contribution >= 4 is 33.4 Å². The zero-order chi connectivity index (χ0) is 16.2. The first-order valence-electron chi connectivity index (χ1n) is 6.79. The van der Waals surface area contributed by atoms with E-state index in [0.29, 0.717) is 17.1 Å². The molecular formula is C17H17BrClNO2. The van der Waals surface area contributed by atoms with Crippen molar-refractivity contribution in [1.29, 1.82) is 0 Å². The molecule has 1 atom stereocenters. The fourth-order valence-corrected chi connectivity index (χ4v) is 2.68. The fraction of sp³-hybridized carbons (Fsp3) is 0.235. The van der Waals surface area contributed by atoms with E-state index in [1.807, 2.05) is 37.3 Å². The second kappa shape index (κ2) is 7.27. The van der Waals surface area contributed by atoms with E-state index in [9.17, 15) is 4.79 Å². The number of ether oxygens (including phenoxy) is 1. The van der Waals surface area contributed by atoms with Gasteiger partial charge in [-0.1, -0.05) is 45.7 Å². The molecule has 0 heterocycles. The molecule has 3 nitrogen and oxygen atoms in total. The maximum absolute atomic E-state index is 12.2. The van der Waals surface area contributed by atoms with Crippen LogP contribution in [0.3, 0.4) is 0 Å². The monoisotopic (exact) mass is 381 g/mol. The maximum Gasteiger partial charge on any atom is 0.251 e. The average Bonchev–Trinajstić information content (AvgIpc) is 2.52. The molecule has 0 saturated heterocycles. The molecule has 0 aliphatic rings. The summed E-state index contributed by atoms with van der Waals surface area (Å²) in [6.45, 7) is 2.26. The summed E-state index contributed by atoms with van der Waals surface area (Å²) in [5.74, 6) is -0.147. The predicted molar refractivity (Wildman–Crippen MR) is 92.3 cm³/mol. The molecule has 5 heteroatoms. The Balaban J connectivity index is 2.12. The van der Waals surface area contributed by atoms with Gasteiger partial charge in [-0.2, -0.15) is 0 Å². The van der Waals surface area contributed by atoms with Crippen molar-refractivity contribution in [2.24, 2.45) is 0 Å². The minimum atomic E-state index is -0.646. The largest absolute Gasteiger partial charge is 0.372 e. The number of carbonyl (C=O) groups excluding carboxylic acids is 1. The van der Waals surface area contributed by atoms with Crippen LogP contribution in [0.25, 0.3) is 0 Å². The molecular weight excluding hydrogens is 366 g/mol. The molecule has 1 amide bonds. The van der Waals surface area contributed by atoms with Gasteiger partial charge in [0.2, 0.25) is 0 Å². The minimum Gasteiger partial charge on any atom is -0.372 e. The van der Waals surface area contributed by atoms with Crippen LogP contribution >= 0.6 is 27.5 Å². The molecule has 2 aromatic rings. The highest BCUT2D eigenvalue weighted by Crippen LogP contribution is 2.26. The second-order valence-electron chi connectivity index (χ2n) is 5.14. The Morgan fingerprint density at radius 2 is 2.00 bits per heavy atom. The number of benzene rings is 2. The Morgan fingerprint density at radius 3 is 2.64 bits per heavy atom. The number of amides is 1. The minimum absolute atomic E-state index is 0.147. The van der Waals surface area contributed by atoms with Crippen LogP contribution in [-0.2, 0) is 10.3 Å². The predicted octanol–water partition coefficient (Wildman–Crippen LogP) is 4.39. The van der Waals surface area contributed by atoms with Crippen LogP contribution in [0, 0.1) is 0 Å². The van der Waals surface area contributed by atoms with E-state index in [1.54, 1.807) is 25.3 Å². The van der Waals surface area contributed by atoms with Gasteiger partial charge in [0.15, 0.2) is 0 Å². The number of rotatable bonds is 5. The molecule has 1 N–H and O–H groups in total. The number of hydrogen-bond acceptors (Lipinski definition) is 2. The lowest BCUT2D eigenvalue weighted by Crippen LogP contribution is -2.40. The van der Waals surface area contributed by atoms with Gasteiger partial charge < -0.3 is 10.1 Å². The molecule has 0 bridgehead atoms. The van der Waals surface area contributed by atoms with E-state index in [2.05, 4.69) is 21.2 Å². The average molecular weight is 383 g/mol. The Hall–Kier alpha value is -1.36. The summed E-state index contributed by atoms with van der Waals surface area (Å²) < 4.78 is 6.47. The van der Waals surface area contributed by atoms with Crippen LogP contribution in [0.1, 0.15) is 22.8 Å². The lowest BCUT2D eigenvalue weighted by Gasteiger charge is -2.29. The zero-order valence-electron chi connectivity index (χ0n) is 12.4. The Kier molecular flexibility index (Phi) is 5.62. The van der Waals surface area contributed by atoms with E-state index >= 15 is 0 Å². The van der Waals surface area contributed by atoms with Gasteiger partial charge >= 0.3 is 0 Å². The lowest BCUT2D eigenvalue weighted by atomic mass is 9.95. The number of hydrogen-bond donors (Lipinski definition) is 1. The first-order valence-corrected chi connectivity index (χ1v) is 7.97. The molecule has 0 aliphatic carbocycles. The summed E-state index contributed by atoms with van der Waals surface area (Å²) in [5.41, 5.74) is 0.864. The summed E-state index contributed by atoms with van der Waals surface area (Å²) in [5, 5.41) is 3.55. The zero-order valence-corrected chi connectivity index (χ0v) is 14.7. The van der Waals surface area contributed by atoms with Gasteiger partial charge in [0.05, 0.1) is 6.54 Å². The highest BCUT2D eigenvalue weighted by molar-refractivity contribution is 9.10. The molecule has 0 aromatic heterocycles. The number of carbonyl (C=O) groups is 1. The van der Waals surface area contributed by atoms with Gasteiger partial charge in [-0.25, -0.2) is 0 Å². The summed E-state index contributed by atoms with van der Waals surface area (Å²) in [4.78, 5) is 12.2. The van der Waals surface area contributed by atoms with Gasteiger partial charge in [0, 0.05) is 22.2 Å².